The molecule has 0 heterocycles. The minimum Gasteiger partial charge on any atom is -0.351 e. The van der Waals surface area contributed by atoms with Crippen LogP contribution in [0.1, 0.15) is 17.3 Å². The first-order valence-electron chi connectivity index (χ1n) is 5.38. The lowest BCUT2D eigenvalue weighted by Gasteiger charge is -2.05. The fraction of sp³-hybridized carbons (Fsp3) is 0.364. The van der Waals surface area contributed by atoms with Crippen LogP contribution in [0.4, 0.5) is 5.69 Å². The highest BCUT2D eigenvalue weighted by molar-refractivity contribution is 5.94. The van der Waals surface area contributed by atoms with Crippen LogP contribution in [-0.2, 0) is 0 Å². The molecule has 0 atom stereocenters. The van der Waals surface area contributed by atoms with E-state index < -0.39 is 4.92 Å². The zero-order chi connectivity index (χ0) is 12.7. The fourth-order valence-corrected chi connectivity index (χ4v) is 1.28. The predicted molar refractivity (Wildman–Crippen MR) is 71.2 cm³/mol. The maximum Gasteiger partial charge on any atom is 0.269 e. The van der Waals surface area contributed by atoms with Gasteiger partial charge in [0.05, 0.1) is 4.92 Å². The molecule has 0 aliphatic rings. The lowest BCUT2D eigenvalue weighted by molar-refractivity contribution is -0.384. The molecule has 100 valence electrons. The van der Waals surface area contributed by atoms with Crippen LogP contribution in [0, 0.1) is 10.1 Å². The van der Waals surface area contributed by atoms with Gasteiger partial charge in [-0.15, -0.1) is 12.4 Å². The zero-order valence-electron chi connectivity index (χ0n) is 10.0. The number of rotatable bonds is 6. The maximum atomic E-state index is 11.6. The summed E-state index contributed by atoms with van der Waals surface area (Å²) in [6.07, 6.45) is 0. The second-order valence-electron chi connectivity index (χ2n) is 3.41. The molecular formula is C11H16ClN3O3. The highest BCUT2D eigenvalue weighted by atomic mass is 35.5. The minimum atomic E-state index is -0.493. The van der Waals surface area contributed by atoms with E-state index in [1.54, 1.807) is 0 Å². The summed E-state index contributed by atoms with van der Waals surface area (Å²) >= 11 is 0. The van der Waals surface area contributed by atoms with Gasteiger partial charge in [-0.25, -0.2) is 0 Å². The molecule has 0 spiro atoms. The van der Waals surface area contributed by atoms with Gasteiger partial charge in [0, 0.05) is 30.8 Å². The predicted octanol–water partition coefficient (Wildman–Crippen LogP) is 1.36. The normalized spacial score (nSPS) is 9.39. The van der Waals surface area contributed by atoms with Gasteiger partial charge >= 0.3 is 0 Å². The Labute approximate surface area is 111 Å². The van der Waals surface area contributed by atoms with E-state index in [2.05, 4.69) is 10.6 Å². The van der Waals surface area contributed by atoms with Crippen molar-refractivity contribution in [1.82, 2.24) is 10.6 Å². The molecule has 0 radical (unpaired) electrons. The van der Waals surface area contributed by atoms with Crippen LogP contribution in [0.5, 0.6) is 0 Å². The van der Waals surface area contributed by atoms with Gasteiger partial charge in [0.1, 0.15) is 0 Å². The number of halogens is 1. The average molecular weight is 274 g/mol. The Bertz CT molecular complexity index is 395. The molecule has 1 aromatic rings. The van der Waals surface area contributed by atoms with Crippen molar-refractivity contribution in [3.63, 3.8) is 0 Å². The average Bonchev–Trinajstić information content (AvgIpc) is 2.34. The number of nitro groups is 1. The molecule has 0 aromatic heterocycles. The van der Waals surface area contributed by atoms with Crippen LogP contribution in [0.25, 0.3) is 0 Å². The van der Waals surface area contributed by atoms with Crippen molar-refractivity contribution in [2.45, 2.75) is 6.92 Å². The van der Waals surface area contributed by atoms with Crippen molar-refractivity contribution in [3.8, 4) is 0 Å². The molecule has 7 heteroatoms. The van der Waals surface area contributed by atoms with E-state index in [9.17, 15) is 14.9 Å². The lowest BCUT2D eigenvalue weighted by atomic mass is 10.2. The summed E-state index contributed by atoms with van der Waals surface area (Å²) in [6, 6.07) is 5.53. The topological polar surface area (TPSA) is 84.3 Å². The van der Waals surface area contributed by atoms with Crippen LogP contribution in [-0.4, -0.2) is 30.5 Å². The van der Waals surface area contributed by atoms with Gasteiger partial charge in [-0.05, 0) is 18.7 Å². The number of nitrogens with zero attached hydrogens (tertiary/aromatic N) is 1. The largest absolute Gasteiger partial charge is 0.351 e. The van der Waals surface area contributed by atoms with E-state index in [1.165, 1.54) is 24.3 Å². The number of likely N-dealkylation sites (N-methyl/N-ethyl adjacent to an activating group) is 1. The molecule has 1 amide bonds. The van der Waals surface area contributed by atoms with Crippen LogP contribution in [0.3, 0.4) is 0 Å². The number of amides is 1. The number of carbonyl (C=O) groups excluding carboxylic acids is 1. The van der Waals surface area contributed by atoms with Crippen molar-refractivity contribution in [2.75, 3.05) is 19.6 Å². The number of hydrogen-bond acceptors (Lipinski definition) is 4. The molecule has 1 rings (SSSR count). The van der Waals surface area contributed by atoms with Gasteiger partial charge in [-0.1, -0.05) is 6.92 Å². The first kappa shape index (κ1) is 16.3. The molecule has 0 aliphatic heterocycles. The molecular weight excluding hydrogens is 258 g/mol. The standard InChI is InChI=1S/C11H15N3O3.ClH/c1-2-12-7-8-13-11(15)9-3-5-10(6-4-9)14(16)17;/h3-6,12H,2,7-8H2,1H3,(H,13,15);1H. The minimum absolute atomic E-state index is 0. The summed E-state index contributed by atoms with van der Waals surface area (Å²) in [5.41, 5.74) is 0.404. The zero-order valence-corrected chi connectivity index (χ0v) is 10.8. The van der Waals surface area contributed by atoms with E-state index in [4.69, 9.17) is 0 Å². The number of carbonyl (C=O) groups is 1. The van der Waals surface area contributed by atoms with Gasteiger partial charge in [-0.2, -0.15) is 0 Å². The number of benzene rings is 1. The molecule has 1 aromatic carbocycles. The van der Waals surface area contributed by atoms with Crippen molar-refractivity contribution in [1.29, 1.82) is 0 Å². The highest BCUT2D eigenvalue weighted by Gasteiger charge is 2.08. The lowest BCUT2D eigenvalue weighted by Crippen LogP contribution is -2.31. The van der Waals surface area contributed by atoms with Crippen molar-refractivity contribution < 1.29 is 9.72 Å². The number of nitrogens with one attached hydrogen (secondary N) is 2. The monoisotopic (exact) mass is 273 g/mol. The van der Waals surface area contributed by atoms with Crippen LogP contribution in [0.2, 0.25) is 0 Å². The van der Waals surface area contributed by atoms with Crippen LogP contribution >= 0.6 is 12.4 Å². The Hall–Kier alpha value is -1.66. The number of nitro benzene ring substituents is 1. The second kappa shape index (κ2) is 8.43. The third-order valence-electron chi connectivity index (χ3n) is 2.18. The maximum absolute atomic E-state index is 11.6. The summed E-state index contributed by atoms with van der Waals surface area (Å²) in [6.45, 7) is 4.07. The van der Waals surface area contributed by atoms with Crippen molar-refractivity contribution in [3.05, 3.63) is 39.9 Å². The van der Waals surface area contributed by atoms with Crippen molar-refractivity contribution >= 4 is 24.0 Å². The molecule has 6 nitrogen and oxygen atoms in total. The highest BCUT2D eigenvalue weighted by Crippen LogP contribution is 2.11. The summed E-state index contributed by atoms with van der Waals surface area (Å²) in [5.74, 6) is -0.224. The van der Waals surface area contributed by atoms with E-state index in [-0.39, 0.29) is 24.0 Å². The van der Waals surface area contributed by atoms with Crippen molar-refractivity contribution in [2.24, 2.45) is 0 Å². The Morgan fingerprint density at radius 3 is 2.39 bits per heavy atom. The second-order valence-corrected chi connectivity index (χ2v) is 3.41. The Balaban J connectivity index is 0.00000289. The van der Waals surface area contributed by atoms with Gasteiger partial charge in [-0.3, -0.25) is 14.9 Å². The van der Waals surface area contributed by atoms with Gasteiger partial charge in [0.25, 0.3) is 11.6 Å². The molecule has 0 saturated carbocycles. The van der Waals surface area contributed by atoms with Gasteiger partial charge < -0.3 is 10.6 Å². The molecule has 0 aliphatic carbocycles. The molecule has 18 heavy (non-hydrogen) atoms. The Morgan fingerprint density at radius 1 is 1.28 bits per heavy atom. The first-order valence-corrected chi connectivity index (χ1v) is 5.38. The number of hydrogen-bond donors (Lipinski definition) is 2. The van der Waals surface area contributed by atoms with E-state index in [1.807, 2.05) is 6.92 Å². The SMILES string of the molecule is CCNCCNC(=O)c1ccc([N+](=O)[O-])cc1.Cl. The molecule has 0 bridgehead atoms. The third kappa shape index (κ3) is 5.11. The number of non-ortho nitro benzene ring substituents is 1. The Kier molecular flexibility index (Phi) is 7.66. The summed E-state index contributed by atoms with van der Waals surface area (Å²) in [5, 5.41) is 16.2. The van der Waals surface area contributed by atoms with E-state index in [0.29, 0.717) is 18.7 Å². The van der Waals surface area contributed by atoms with E-state index >= 15 is 0 Å². The quantitative estimate of drug-likeness (QED) is 0.466. The van der Waals surface area contributed by atoms with Gasteiger partial charge in [0.15, 0.2) is 0 Å². The summed E-state index contributed by atoms with van der Waals surface area (Å²) in [4.78, 5) is 21.5. The fourth-order valence-electron chi connectivity index (χ4n) is 1.28. The molecule has 0 saturated heterocycles. The van der Waals surface area contributed by atoms with Crippen LogP contribution in [0.15, 0.2) is 24.3 Å². The van der Waals surface area contributed by atoms with Gasteiger partial charge in [0.2, 0.25) is 0 Å². The first-order chi connectivity index (χ1) is 8.15. The Morgan fingerprint density at radius 2 is 1.89 bits per heavy atom. The summed E-state index contributed by atoms with van der Waals surface area (Å²) < 4.78 is 0. The summed E-state index contributed by atoms with van der Waals surface area (Å²) in [7, 11) is 0. The smallest absolute Gasteiger partial charge is 0.269 e. The molecule has 2 N–H and O–H groups in total. The van der Waals surface area contributed by atoms with E-state index in [0.717, 1.165) is 6.54 Å². The third-order valence-corrected chi connectivity index (χ3v) is 2.18. The van der Waals surface area contributed by atoms with Crippen LogP contribution < -0.4 is 10.6 Å². The molecule has 0 unspecified atom stereocenters. The molecule has 0 fully saturated rings.